The number of thioether (sulfide) groups is 1. The van der Waals surface area contributed by atoms with Crippen LogP contribution in [0.5, 0.6) is 0 Å². The number of Topliss-reactive ketones (excluding diaryl/α,β-unsaturated/α-hetero) is 1. The van der Waals surface area contributed by atoms with Crippen LogP contribution in [0.1, 0.15) is 40.8 Å². The minimum Gasteiger partial charge on any atom is -0.307 e. The first-order valence-electron chi connectivity index (χ1n) is 10.4. The molecule has 0 aromatic carbocycles. The molecular weight excluding hydrogens is 547 g/mol. The molecule has 0 N–H and O–H groups in total. The number of rotatable bonds is 7. The molecule has 4 aromatic heterocycles. The molecule has 0 amide bonds. The predicted octanol–water partition coefficient (Wildman–Crippen LogP) is 6.40. The van der Waals surface area contributed by atoms with Gasteiger partial charge in [0.2, 0.25) is 0 Å². The van der Waals surface area contributed by atoms with E-state index >= 15 is 0 Å². The van der Waals surface area contributed by atoms with Crippen LogP contribution in [0.3, 0.4) is 0 Å². The topological polar surface area (TPSA) is 86.8 Å². The van der Waals surface area contributed by atoms with E-state index in [9.17, 15) is 14.4 Å². The Morgan fingerprint density at radius 2 is 1.94 bits per heavy atom. The summed E-state index contributed by atoms with van der Waals surface area (Å²) in [5.74, 6) is 0.118. The lowest BCUT2D eigenvalue weighted by atomic mass is 9.96. The Hall–Kier alpha value is -2.24. The molecule has 4 heterocycles. The van der Waals surface area contributed by atoms with Gasteiger partial charge in [0.25, 0.3) is 11.5 Å². The average Bonchev–Trinajstić information content (AvgIpc) is 3.54. The van der Waals surface area contributed by atoms with Crippen LogP contribution in [0.2, 0.25) is 9.36 Å². The zero-order valence-corrected chi connectivity index (χ0v) is 22.9. The van der Waals surface area contributed by atoms with Gasteiger partial charge in [-0.1, -0.05) is 44.0 Å². The predicted molar refractivity (Wildman–Crippen MR) is 142 cm³/mol. The molecular formula is C23H20Cl2N4O3S3. The van der Waals surface area contributed by atoms with Crippen molar-refractivity contribution in [2.75, 3.05) is 0 Å². The number of aromatic nitrogens is 4. The van der Waals surface area contributed by atoms with E-state index in [0.717, 1.165) is 4.88 Å². The van der Waals surface area contributed by atoms with Gasteiger partial charge in [0, 0.05) is 27.6 Å². The summed E-state index contributed by atoms with van der Waals surface area (Å²) in [7, 11) is 0. The van der Waals surface area contributed by atoms with Crippen molar-refractivity contribution in [3.05, 3.63) is 72.2 Å². The highest BCUT2D eigenvalue weighted by Crippen LogP contribution is 2.33. The quantitative estimate of drug-likeness (QED) is 0.190. The SMILES string of the molecule is CC(C)(C)C(=O)n1nc(-c2c(Cl)ccn(CC(=O)c3cnsc3)c2=O)cc1SCc1ccc(Cl)s1. The highest BCUT2D eigenvalue weighted by molar-refractivity contribution is 7.98. The summed E-state index contributed by atoms with van der Waals surface area (Å²) in [4.78, 5) is 40.1. The van der Waals surface area contributed by atoms with Gasteiger partial charge >= 0.3 is 0 Å². The number of ketones is 1. The van der Waals surface area contributed by atoms with E-state index in [1.165, 1.54) is 56.3 Å². The number of thiophene rings is 1. The van der Waals surface area contributed by atoms with E-state index in [1.807, 2.05) is 12.1 Å². The van der Waals surface area contributed by atoms with Gasteiger partial charge in [-0.25, -0.2) is 4.37 Å². The summed E-state index contributed by atoms with van der Waals surface area (Å²) in [5.41, 5.74) is -0.337. The molecule has 4 rings (SSSR count). The molecule has 0 atom stereocenters. The molecule has 0 saturated heterocycles. The molecule has 7 nitrogen and oxygen atoms in total. The Bertz CT molecular complexity index is 1450. The van der Waals surface area contributed by atoms with E-state index in [2.05, 4.69) is 9.47 Å². The Morgan fingerprint density at radius 3 is 2.57 bits per heavy atom. The monoisotopic (exact) mass is 566 g/mol. The zero-order chi connectivity index (χ0) is 25.3. The number of hydrogen-bond donors (Lipinski definition) is 0. The second-order valence-corrected chi connectivity index (χ2v) is 12.5. The fourth-order valence-corrected chi connectivity index (χ4v) is 6.02. The summed E-state index contributed by atoms with van der Waals surface area (Å²) in [5, 5.41) is 6.89. The lowest BCUT2D eigenvalue weighted by Crippen LogP contribution is -2.28. The highest BCUT2D eigenvalue weighted by atomic mass is 35.5. The van der Waals surface area contributed by atoms with Crippen LogP contribution >= 0.6 is 57.8 Å². The lowest BCUT2D eigenvalue weighted by Gasteiger charge is -2.17. The van der Waals surface area contributed by atoms with Crippen molar-refractivity contribution in [3.8, 4) is 11.3 Å². The first-order valence-corrected chi connectivity index (χ1v) is 13.8. The number of nitrogens with zero attached hydrogens (tertiary/aromatic N) is 4. The van der Waals surface area contributed by atoms with Crippen molar-refractivity contribution >= 4 is 69.5 Å². The van der Waals surface area contributed by atoms with Gasteiger partial charge in [-0.15, -0.1) is 23.1 Å². The molecule has 35 heavy (non-hydrogen) atoms. The molecule has 0 aliphatic carbocycles. The van der Waals surface area contributed by atoms with Crippen molar-refractivity contribution < 1.29 is 9.59 Å². The van der Waals surface area contributed by atoms with E-state index in [4.69, 9.17) is 23.2 Å². The molecule has 12 heteroatoms. The Kier molecular flexibility index (Phi) is 7.68. The summed E-state index contributed by atoms with van der Waals surface area (Å²) < 4.78 is 7.23. The Balaban J connectivity index is 1.73. The minimum absolute atomic E-state index is 0.131. The van der Waals surface area contributed by atoms with Crippen molar-refractivity contribution in [1.82, 2.24) is 18.7 Å². The fraction of sp³-hybridized carbons (Fsp3) is 0.261. The molecule has 0 fully saturated rings. The normalized spacial score (nSPS) is 11.7. The van der Waals surface area contributed by atoms with Crippen molar-refractivity contribution in [2.45, 2.75) is 38.1 Å². The third kappa shape index (κ3) is 5.78. The number of carbonyl (C=O) groups excluding carboxylic acids is 2. The standard InChI is InChI=1S/C23H20Cl2N4O3S3/c1-23(2,3)22(32)29-19(33-12-14-4-5-18(25)35-14)8-16(27-29)20-15(24)6-7-28(21(20)31)10-17(30)13-9-26-34-11-13/h4-9,11H,10,12H2,1-3H3. The summed E-state index contributed by atoms with van der Waals surface area (Å²) >= 11 is 16.5. The van der Waals surface area contributed by atoms with Crippen molar-refractivity contribution in [3.63, 3.8) is 0 Å². The number of carbonyl (C=O) groups is 2. The molecule has 182 valence electrons. The van der Waals surface area contributed by atoms with Crippen LogP contribution in [0.15, 0.2) is 51.9 Å². The molecule has 0 saturated carbocycles. The van der Waals surface area contributed by atoms with Crippen molar-refractivity contribution in [2.24, 2.45) is 5.41 Å². The molecule has 4 aromatic rings. The summed E-state index contributed by atoms with van der Waals surface area (Å²) in [6.45, 7) is 5.25. The highest BCUT2D eigenvalue weighted by Gasteiger charge is 2.28. The number of pyridine rings is 1. The van der Waals surface area contributed by atoms with E-state index in [-0.39, 0.29) is 34.5 Å². The van der Waals surface area contributed by atoms with Gasteiger partial charge in [0.05, 0.1) is 33.2 Å². The maximum absolute atomic E-state index is 13.3. The van der Waals surface area contributed by atoms with Crippen molar-refractivity contribution in [1.29, 1.82) is 0 Å². The van der Waals surface area contributed by atoms with E-state index < -0.39 is 11.0 Å². The van der Waals surface area contributed by atoms with Crippen LogP contribution in [0, 0.1) is 5.41 Å². The Labute approximate surface area is 223 Å². The molecule has 0 unspecified atom stereocenters. The summed E-state index contributed by atoms with van der Waals surface area (Å²) in [6, 6.07) is 6.98. The molecule has 0 spiro atoms. The van der Waals surface area contributed by atoms with E-state index in [1.54, 1.807) is 38.3 Å². The van der Waals surface area contributed by atoms with Crippen LogP contribution in [-0.4, -0.2) is 30.4 Å². The van der Waals surface area contributed by atoms with E-state index in [0.29, 0.717) is 20.7 Å². The van der Waals surface area contributed by atoms with Crippen LogP contribution < -0.4 is 5.56 Å². The van der Waals surface area contributed by atoms with Gasteiger partial charge in [-0.05, 0) is 35.8 Å². The lowest BCUT2D eigenvalue weighted by molar-refractivity contribution is 0.0736. The van der Waals surface area contributed by atoms with Gasteiger partial charge in [0.1, 0.15) is 10.7 Å². The molecule has 0 aliphatic heterocycles. The fourth-order valence-electron chi connectivity index (χ4n) is 3.12. The van der Waals surface area contributed by atoms with Crippen LogP contribution in [-0.2, 0) is 12.3 Å². The molecule has 0 radical (unpaired) electrons. The first kappa shape index (κ1) is 25.8. The van der Waals surface area contributed by atoms with Gasteiger partial charge < -0.3 is 4.57 Å². The second kappa shape index (κ2) is 10.4. The Morgan fingerprint density at radius 1 is 1.17 bits per heavy atom. The van der Waals surface area contributed by atoms with Crippen LogP contribution in [0.25, 0.3) is 11.3 Å². The maximum atomic E-state index is 13.3. The number of halogens is 2. The first-order chi connectivity index (χ1) is 16.5. The average molecular weight is 568 g/mol. The smallest absolute Gasteiger partial charge is 0.262 e. The minimum atomic E-state index is -0.702. The third-order valence-electron chi connectivity index (χ3n) is 4.94. The largest absolute Gasteiger partial charge is 0.307 e. The third-order valence-corrected chi connectivity index (χ3v) is 8.30. The second-order valence-electron chi connectivity index (χ2n) is 8.64. The van der Waals surface area contributed by atoms with Gasteiger partial charge in [0.15, 0.2) is 5.78 Å². The maximum Gasteiger partial charge on any atom is 0.262 e. The molecule has 0 aliphatic rings. The molecule has 0 bridgehead atoms. The van der Waals surface area contributed by atoms with Gasteiger partial charge in [-0.2, -0.15) is 9.78 Å². The van der Waals surface area contributed by atoms with Gasteiger partial charge in [-0.3, -0.25) is 14.4 Å². The summed E-state index contributed by atoms with van der Waals surface area (Å²) in [6.07, 6.45) is 2.94. The number of hydrogen-bond acceptors (Lipinski definition) is 8. The van der Waals surface area contributed by atoms with Crippen LogP contribution in [0.4, 0.5) is 0 Å². The zero-order valence-electron chi connectivity index (χ0n) is 18.9.